The number of aromatic nitrogens is 2. The zero-order chi connectivity index (χ0) is 18.7. The molecule has 1 amide bonds. The Kier molecular flexibility index (Phi) is 5.17. The minimum absolute atomic E-state index is 0.0568. The van der Waals surface area contributed by atoms with Gasteiger partial charge in [0.25, 0.3) is 5.91 Å². The van der Waals surface area contributed by atoms with E-state index in [9.17, 15) is 4.79 Å². The number of aryl methyl sites for hydroxylation is 3. The smallest absolute Gasteiger partial charge is 0.254 e. The highest BCUT2D eigenvalue weighted by Crippen LogP contribution is 2.27. The Bertz CT molecular complexity index is 832. The van der Waals surface area contributed by atoms with Gasteiger partial charge in [-0.05, 0) is 56.9 Å². The van der Waals surface area contributed by atoms with Gasteiger partial charge in [-0.15, -0.1) is 0 Å². The van der Waals surface area contributed by atoms with E-state index in [1.54, 1.807) is 19.3 Å². The lowest BCUT2D eigenvalue weighted by Crippen LogP contribution is -2.33. The SMILES string of the molecule is Cc1ncc(C(=O)N[C@@H]2CC[C@H](Oc3cc(C)c(C#N)c(C)c3)C2)cn1. The number of hydrogen-bond donors (Lipinski definition) is 1. The summed E-state index contributed by atoms with van der Waals surface area (Å²) in [7, 11) is 0. The van der Waals surface area contributed by atoms with Crippen molar-refractivity contribution in [2.45, 2.75) is 52.2 Å². The van der Waals surface area contributed by atoms with E-state index >= 15 is 0 Å². The number of nitrogens with one attached hydrogen (secondary N) is 1. The number of benzene rings is 1. The fourth-order valence-electron chi connectivity index (χ4n) is 3.32. The molecule has 134 valence electrons. The van der Waals surface area contributed by atoms with E-state index in [0.717, 1.165) is 36.1 Å². The lowest BCUT2D eigenvalue weighted by Gasteiger charge is -2.16. The van der Waals surface area contributed by atoms with Gasteiger partial charge in [0.1, 0.15) is 17.7 Å². The number of amides is 1. The van der Waals surface area contributed by atoms with Crippen LogP contribution in [-0.2, 0) is 0 Å². The third kappa shape index (κ3) is 3.99. The summed E-state index contributed by atoms with van der Waals surface area (Å²) in [6.45, 7) is 5.62. The van der Waals surface area contributed by atoms with Crippen molar-refractivity contribution in [3.05, 3.63) is 52.6 Å². The Morgan fingerprint density at radius 2 is 1.85 bits per heavy atom. The number of carbonyl (C=O) groups is 1. The summed E-state index contributed by atoms with van der Waals surface area (Å²) in [5.74, 6) is 1.27. The van der Waals surface area contributed by atoms with Crippen LogP contribution in [0.25, 0.3) is 0 Å². The van der Waals surface area contributed by atoms with Crippen molar-refractivity contribution in [1.82, 2.24) is 15.3 Å². The monoisotopic (exact) mass is 350 g/mol. The van der Waals surface area contributed by atoms with Gasteiger partial charge in [0, 0.05) is 24.9 Å². The lowest BCUT2D eigenvalue weighted by molar-refractivity contribution is 0.0934. The summed E-state index contributed by atoms with van der Waals surface area (Å²) in [5.41, 5.74) is 3.02. The summed E-state index contributed by atoms with van der Waals surface area (Å²) in [5, 5.41) is 12.2. The van der Waals surface area contributed by atoms with Crippen LogP contribution in [0.3, 0.4) is 0 Å². The number of rotatable bonds is 4. The normalized spacial score (nSPS) is 19.0. The highest BCUT2D eigenvalue weighted by molar-refractivity contribution is 5.93. The fourth-order valence-corrected chi connectivity index (χ4v) is 3.32. The van der Waals surface area contributed by atoms with Crippen LogP contribution in [0, 0.1) is 32.1 Å². The second-order valence-corrected chi connectivity index (χ2v) is 6.79. The third-order valence-electron chi connectivity index (χ3n) is 4.68. The minimum atomic E-state index is -0.152. The van der Waals surface area contributed by atoms with E-state index in [1.807, 2.05) is 26.0 Å². The van der Waals surface area contributed by atoms with Crippen molar-refractivity contribution in [3.8, 4) is 11.8 Å². The minimum Gasteiger partial charge on any atom is -0.490 e. The molecule has 1 aliphatic carbocycles. The molecule has 1 aromatic heterocycles. The highest BCUT2D eigenvalue weighted by atomic mass is 16.5. The van der Waals surface area contributed by atoms with Gasteiger partial charge in [-0.3, -0.25) is 4.79 Å². The zero-order valence-electron chi connectivity index (χ0n) is 15.2. The Balaban J connectivity index is 1.58. The first-order valence-corrected chi connectivity index (χ1v) is 8.73. The van der Waals surface area contributed by atoms with Crippen molar-refractivity contribution in [2.24, 2.45) is 0 Å². The van der Waals surface area contributed by atoms with Gasteiger partial charge in [0.05, 0.1) is 17.2 Å². The van der Waals surface area contributed by atoms with Crippen molar-refractivity contribution in [3.63, 3.8) is 0 Å². The van der Waals surface area contributed by atoms with Gasteiger partial charge in [-0.1, -0.05) is 0 Å². The molecule has 1 aromatic carbocycles. The summed E-state index contributed by atoms with van der Waals surface area (Å²) < 4.78 is 6.08. The van der Waals surface area contributed by atoms with Crippen LogP contribution in [-0.4, -0.2) is 28.0 Å². The van der Waals surface area contributed by atoms with E-state index < -0.39 is 0 Å². The van der Waals surface area contributed by atoms with E-state index in [2.05, 4.69) is 21.4 Å². The van der Waals surface area contributed by atoms with Gasteiger partial charge >= 0.3 is 0 Å². The summed E-state index contributed by atoms with van der Waals surface area (Å²) in [6, 6.07) is 6.10. The van der Waals surface area contributed by atoms with Gasteiger partial charge in [-0.25, -0.2) is 9.97 Å². The van der Waals surface area contributed by atoms with Crippen molar-refractivity contribution < 1.29 is 9.53 Å². The molecule has 0 bridgehead atoms. The molecular formula is C20H22N4O2. The first-order valence-electron chi connectivity index (χ1n) is 8.73. The quantitative estimate of drug-likeness (QED) is 0.916. The molecule has 1 N–H and O–H groups in total. The van der Waals surface area contributed by atoms with E-state index in [1.165, 1.54) is 0 Å². The maximum Gasteiger partial charge on any atom is 0.254 e. The molecule has 2 atom stereocenters. The second-order valence-electron chi connectivity index (χ2n) is 6.79. The number of nitriles is 1. The maximum absolute atomic E-state index is 12.3. The first-order chi connectivity index (χ1) is 12.5. The molecule has 0 saturated heterocycles. The van der Waals surface area contributed by atoms with E-state index in [0.29, 0.717) is 17.0 Å². The molecule has 6 heteroatoms. The van der Waals surface area contributed by atoms with Gasteiger partial charge in [-0.2, -0.15) is 5.26 Å². The van der Waals surface area contributed by atoms with Crippen LogP contribution < -0.4 is 10.1 Å². The van der Waals surface area contributed by atoms with Gasteiger partial charge in [0.2, 0.25) is 0 Å². The number of hydrogen-bond acceptors (Lipinski definition) is 5. The predicted molar refractivity (Wildman–Crippen MR) is 96.9 cm³/mol. The molecule has 0 aliphatic heterocycles. The number of carbonyl (C=O) groups excluding carboxylic acids is 1. The van der Waals surface area contributed by atoms with Crippen LogP contribution >= 0.6 is 0 Å². The highest BCUT2D eigenvalue weighted by Gasteiger charge is 2.28. The Morgan fingerprint density at radius 3 is 2.46 bits per heavy atom. The summed E-state index contributed by atoms with van der Waals surface area (Å²) in [4.78, 5) is 20.4. The molecular weight excluding hydrogens is 328 g/mol. The molecule has 0 radical (unpaired) electrons. The largest absolute Gasteiger partial charge is 0.490 e. The average molecular weight is 350 g/mol. The van der Waals surface area contributed by atoms with Crippen LogP contribution in [0.15, 0.2) is 24.5 Å². The van der Waals surface area contributed by atoms with Gasteiger partial charge < -0.3 is 10.1 Å². The number of ether oxygens (including phenoxy) is 1. The molecule has 1 heterocycles. The molecule has 0 unspecified atom stereocenters. The molecule has 1 aliphatic rings. The molecule has 26 heavy (non-hydrogen) atoms. The Hall–Kier alpha value is -2.94. The lowest BCUT2D eigenvalue weighted by atomic mass is 10.0. The van der Waals surface area contributed by atoms with Gasteiger partial charge in [0.15, 0.2) is 0 Å². The fraction of sp³-hybridized carbons (Fsp3) is 0.400. The second kappa shape index (κ2) is 7.52. The molecule has 3 rings (SSSR count). The summed E-state index contributed by atoms with van der Waals surface area (Å²) >= 11 is 0. The van der Waals surface area contributed by atoms with E-state index in [-0.39, 0.29) is 18.1 Å². The Morgan fingerprint density at radius 1 is 1.19 bits per heavy atom. The summed E-state index contributed by atoms with van der Waals surface area (Å²) in [6.07, 6.45) is 5.66. The average Bonchev–Trinajstić information content (AvgIpc) is 3.02. The standard InChI is InChI=1S/C20H22N4O2/c1-12-6-18(7-13(2)19(12)9-21)26-17-5-4-16(8-17)24-20(25)15-10-22-14(3)23-11-15/h6-7,10-11,16-17H,4-5,8H2,1-3H3,(H,24,25)/t16-,17+/m1/s1. The van der Waals surface area contributed by atoms with Crippen molar-refractivity contribution in [1.29, 1.82) is 5.26 Å². The van der Waals surface area contributed by atoms with Crippen molar-refractivity contribution >= 4 is 5.91 Å². The van der Waals surface area contributed by atoms with Crippen LogP contribution in [0.4, 0.5) is 0 Å². The van der Waals surface area contributed by atoms with Crippen molar-refractivity contribution in [2.75, 3.05) is 0 Å². The first kappa shape index (κ1) is 17.9. The van der Waals surface area contributed by atoms with Crippen LogP contribution in [0.5, 0.6) is 5.75 Å². The molecule has 2 aromatic rings. The number of nitrogens with zero attached hydrogens (tertiary/aromatic N) is 3. The third-order valence-corrected chi connectivity index (χ3v) is 4.68. The topological polar surface area (TPSA) is 87.9 Å². The van der Waals surface area contributed by atoms with Crippen LogP contribution in [0.1, 0.15) is 52.1 Å². The predicted octanol–water partition coefficient (Wildman–Crippen LogP) is 3.00. The maximum atomic E-state index is 12.3. The zero-order valence-corrected chi connectivity index (χ0v) is 15.2. The molecule has 1 fully saturated rings. The molecule has 0 spiro atoms. The van der Waals surface area contributed by atoms with Crippen LogP contribution in [0.2, 0.25) is 0 Å². The Labute approximate surface area is 153 Å². The van der Waals surface area contributed by atoms with E-state index in [4.69, 9.17) is 10.00 Å². The molecule has 1 saturated carbocycles. The molecule has 6 nitrogen and oxygen atoms in total.